The first-order valence-corrected chi connectivity index (χ1v) is 13.5. The molecule has 0 saturated carbocycles. The number of hydrogen-bond acceptors (Lipinski definition) is 4. The molecule has 32 heavy (non-hydrogen) atoms. The van der Waals surface area contributed by atoms with Gasteiger partial charge in [0, 0.05) is 13.1 Å². The highest BCUT2D eigenvalue weighted by atomic mass is 32.2. The Balaban J connectivity index is 1.46. The predicted molar refractivity (Wildman–Crippen MR) is 138 cm³/mol. The molecule has 0 aromatic heterocycles. The van der Waals surface area contributed by atoms with Gasteiger partial charge in [0.25, 0.3) is 0 Å². The standard InChI is InChI=1S/C28H37N3S/c1-5-13-24(14-6-1)27-26(23-31-20-11-4-12-21-31)32-28(29-27,25-15-7-2-8-16-25)17-22-30-18-9-3-10-19-30/h1-2,5-8,13-16,26H,3-4,9-12,17-23H2/t26-,28+/m1/s1. The number of aliphatic imine (C=N–C) groups is 1. The first-order chi connectivity index (χ1) is 15.8. The summed E-state index contributed by atoms with van der Waals surface area (Å²) in [5.41, 5.74) is 3.98. The molecule has 2 saturated heterocycles. The van der Waals surface area contributed by atoms with Crippen molar-refractivity contribution in [3.05, 3.63) is 71.8 Å². The second-order valence-electron chi connectivity index (χ2n) is 9.63. The Kier molecular flexibility index (Phi) is 7.31. The zero-order valence-corrected chi connectivity index (χ0v) is 20.1. The lowest BCUT2D eigenvalue weighted by Gasteiger charge is -2.33. The highest BCUT2D eigenvalue weighted by Crippen LogP contribution is 2.50. The van der Waals surface area contributed by atoms with Gasteiger partial charge in [0.1, 0.15) is 4.87 Å². The van der Waals surface area contributed by atoms with Crippen LogP contribution in [0.1, 0.15) is 56.1 Å². The second kappa shape index (κ2) is 10.5. The molecule has 0 N–H and O–H groups in total. The SMILES string of the molecule is c1ccc(C2=N[C@](CCN3CCCCC3)(c3ccccc3)S[C@@H]2CN2CCCCC2)cc1. The van der Waals surface area contributed by atoms with E-state index in [1.54, 1.807) is 0 Å². The number of thioether (sulfide) groups is 1. The molecule has 3 aliphatic heterocycles. The first-order valence-electron chi connectivity index (χ1n) is 12.7. The molecule has 5 rings (SSSR count). The number of likely N-dealkylation sites (tertiary alicyclic amines) is 2. The van der Waals surface area contributed by atoms with Crippen LogP contribution in [-0.4, -0.2) is 60.0 Å². The maximum absolute atomic E-state index is 5.62. The highest BCUT2D eigenvalue weighted by Gasteiger charge is 2.44. The van der Waals surface area contributed by atoms with Crippen molar-refractivity contribution in [3.63, 3.8) is 0 Å². The van der Waals surface area contributed by atoms with Crippen LogP contribution in [0.5, 0.6) is 0 Å². The Morgan fingerprint density at radius 2 is 1.34 bits per heavy atom. The van der Waals surface area contributed by atoms with E-state index in [1.165, 1.54) is 81.5 Å². The van der Waals surface area contributed by atoms with Crippen molar-refractivity contribution >= 4 is 17.5 Å². The van der Waals surface area contributed by atoms with Crippen LogP contribution in [0.4, 0.5) is 0 Å². The molecule has 2 aromatic rings. The van der Waals surface area contributed by atoms with Crippen molar-refractivity contribution in [3.8, 4) is 0 Å². The van der Waals surface area contributed by atoms with E-state index in [9.17, 15) is 0 Å². The van der Waals surface area contributed by atoms with Crippen LogP contribution in [0.3, 0.4) is 0 Å². The molecule has 4 heteroatoms. The molecule has 2 fully saturated rings. The number of hydrogen-bond donors (Lipinski definition) is 0. The zero-order valence-electron chi connectivity index (χ0n) is 19.3. The van der Waals surface area contributed by atoms with Crippen molar-refractivity contribution in [2.45, 2.75) is 55.1 Å². The van der Waals surface area contributed by atoms with E-state index < -0.39 is 0 Å². The summed E-state index contributed by atoms with van der Waals surface area (Å²) in [5.74, 6) is 0. The van der Waals surface area contributed by atoms with Gasteiger partial charge < -0.3 is 9.80 Å². The van der Waals surface area contributed by atoms with Crippen molar-refractivity contribution in [1.82, 2.24) is 9.80 Å². The fourth-order valence-electron chi connectivity index (χ4n) is 5.53. The van der Waals surface area contributed by atoms with Gasteiger partial charge in [-0.3, -0.25) is 4.99 Å². The summed E-state index contributed by atoms with van der Waals surface area (Å²) in [4.78, 5) is 10.8. The van der Waals surface area contributed by atoms with Crippen LogP contribution in [0.2, 0.25) is 0 Å². The minimum atomic E-state index is -0.176. The van der Waals surface area contributed by atoms with Gasteiger partial charge >= 0.3 is 0 Å². The normalized spacial score (nSPS) is 27.4. The molecule has 0 amide bonds. The Labute approximate surface area is 198 Å². The molecular formula is C28H37N3S. The largest absolute Gasteiger partial charge is 0.303 e. The lowest BCUT2D eigenvalue weighted by Crippen LogP contribution is -2.38. The van der Waals surface area contributed by atoms with Crippen molar-refractivity contribution in [2.24, 2.45) is 4.99 Å². The van der Waals surface area contributed by atoms with Gasteiger partial charge in [-0.15, -0.1) is 11.8 Å². The molecule has 3 heterocycles. The summed E-state index contributed by atoms with van der Waals surface area (Å²) in [6.07, 6.45) is 9.25. The van der Waals surface area contributed by atoms with Gasteiger partial charge in [-0.1, -0.05) is 73.5 Å². The second-order valence-corrected chi connectivity index (χ2v) is 11.1. The molecule has 3 aliphatic rings. The molecule has 2 aromatic carbocycles. The summed E-state index contributed by atoms with van der Waals surface area (Å²) >= 11 is 2.12. The summed E-state index contributed by atoms with van der Waals surface area (Å²) in [6.45, 7) is 7.25. The maximum Gasteiger partial charge on any atom is 0.133 e. The van der Waals surface area contributed by atoms with Gasteiger partial charge in [0.15, 0.2) is 0 Å². The van der Waals surface area contributed by atoms with Crippen LogP contribution >= 0.6 is 11.8 Å². The molecular weight excluding hydrogens is 410 g/mol. The Bertz CT molecular complexity index is 872. The van der Waals surface area contributed by atoms with Gasteiger partial charge in [-0.05, 0) is 69.4 Å². The fraction of sp³-hybridized carbons (Fsp3) is 0.536. The van der Waals surface area contributed by atoms with Crippen LogP contribution in [0.15, 0.2) is 65.7 Å². The van der Waals surface area contributed by atoms with Gasteiger partial charge in [-0.2, -0.15) is 0 Å². The number of rotatable bonds is 7. The minimum absolute atomic E-state index is 0.176. The molecule has 2 atom stereocenters. The fourth-order valence-corrected chi connectivity index (χ4v) is 7.22. The smallest absolute Gasteiger partial charge is 0.133 e. The molecule has 0 unspecified atom stereocenters. The quantitative estimate of drug-likeness (QED) is 0.534. The average molecular weight is 448 g/mol. The van der Waals surface area contributed by atoms with Crippen LogP contribution < -0.4 is 0 Å². The monoisotopic (exact) mass is 447 g/mol. The Morgan fingerprint density at radius 1 is 0.750 bits per heavy atom. The first kappa shape index (κ1) is 22.2. The summed E-state index contributed by atoms with van der Waals surface area (Å²) < 4.78 is 0. The van der Waals surface area contributed by atoms with E-state index in [-0.39, 0.29) is 4.87 Å². The average Bonchev–Trinajstić information content (AvgIpc) is 3.25. The van der Waals surface area contributed by atoms with E-state index in [0.29, 0.717) is 5.25 Å². The van der Waals surface area contributed by atoms with Gasteiger partial charge in [-0.25, -0.2) is 0 Å². The molecule has 170 valence electrons. The number of nitrogens with zero attached hydrogens (tertiary/aromatic N) is 3. The van der Waals surface area contributed by atoms with E-state index in [1.807, 2.05) is 0 Å². The summed E-state index contributed by atoms with van der Waals surface area (Å²) in [5, 5.41) is 0.428. The third-order valence-electron chi connectivity index (χ3n) is 7.33. The van der Waals surface area contributed by atoms with Crippen LogP contribution in [-0.2, 0) is 4.87 Å². The van der Waals surface area contributed by atoms with Crippen molar-refractivity contribution in [2.75, 3.05) is 39.3 Å². The van der Waals surface area contributed by atoms with Crippen molar-refractivity contribution in [1.29, 1.82) is 0 Å². The molecule has 0 bridgehead atoms. The summed E-state index contributed by atoms with van der Waals surface area (Å²) in [6, 6.07) is 22.1. The zero-order chi connectivity index (χ0) is 21.6. The molecule has 3 nitrogen and oxygen atoms in total. The van der Waals surface area contributed by atoms with E-state index >= 15 is 0 Å². The molecule has 0 spiro atoms. The third kappa shape index (κ3) is 5.13. The molecule has 0 radical (unpaired) electrons. The number of piperidine rings is 2. The van der Waals surface area contributed by atoms with E-state index in [4.69, 9.17) is 4.99 Å². The van der Waals surface area contributed by atoms with E-state index in [0.717, 1.165) is 19.5 Å². The summed E-state index contributed by atoms with van der Waals surface area (Å²) in [7, 11) is 0. The van der Waals surface area contributed by atoms with Crippen molar-refractivity contribution < 1.29 is 0 Å². The minimum Gasteiger partial charge on any atom is -0.303 e. The van der Waals surface area contributed by atoms with Gasteiger partial charge in [0.2, 0.25) is 0 Å². The predicted octanol–water partition coefficient (Wildman–Crippen LogP) is 5.81. The maximum atomic E-state index is 5.62. The topological polar surface area (TPSA) is 18.8 Å². The highest BCUT2D eigenvalue weighted by molar-refractivity contribution is 8.02. The lowest BCUT2D eigenvalue weighted by molar-refractivity contribution is 0.218. The van der Waals surface area contributed by atoms with Crippen LogP contribution in [0, 0.1) is 0 Å². The Hall–Kier alpha value is -1.62. The number of benzene rings is 2. The lowest BCUT2D eigenvalue weighted by atomic mass is 10.0. The van der Waals surface area contributed by atoms with E-state index in [2.05, 4.69) is 82.2 Å². The van der Waals surface area contributed by atoms with Gasteiger partial charge in [0.05, 0.1) is 11.0 Å². The van der Waals surface area contributed by atoms with Crippen LogP contribution in [0.25, 0.3) is 0 Å². The third-order valence-corrected chi connectivity index (χ3v) is 8.90. The molecule has 0 aliphatic carbocycles. The Morgan fingerprint density at radius 3 is 2.00 bits per heavy atom.